The number of carbonyl (C=O) groups excluding carboxylic acids is 1. The summed E-state index contributed by atoms with van der Waals surface area (Å²) in [6.07, 6.45) is 4.63. The molecule has 132 valence electrons. The third-order valence-electron chi connectivity index (χ3n) is 5.05. The standard InChI is InChI=1S/C18H26N2O4/c1-3-19(4-2)14-13-18(11-5-6-12-18)17(21)24-16-9-7-15(8-10-16)20(22)23/h7-10H,3-6,11-14H2,1-2H3. The predicted octanol–water partition coefficient (Wildman–Crippen LogP) is 3.79. The third-order valence-corrected chi connectivity index (χ3v) is 5.05. The van der Waals surface area contributed by atoms with Crippen LogP contribution in [0.4, 0.5) is 5.69 Å². The molecule has 0 aromatic heterocycles. The number of esters is 1. The van der Waals surface area contributed by atoms with E-state index in [-0.39, 0.29) is 11.7 Å². The van der Waals surface area contributed by atoms with Crippen LogP contribution in [0.25, 0.3) is 0 Å². The Kier molecular flexibility index (Phi) is 6.31. The molecule has 1 saturated carbocycles. The van der Waals surface area contributed by atoms with Gasteiger partial charge in [-0.15, -0.1) is 0 Å². The maximum Gasteiger partial charge on any atom is 0.317 e. The van der Waals surface area contributed by atoms with Crippen LogP contribution in [0.5, 0.6) is 5.75 Å². The lowest BCUT2D eigenvalue weighted by Crippen LogP contribution is -2.37. The number of hydrogen-bond acceptors (Lipinski definition) is 5. The van der Waals surface area contributed by atoms with Crippen molar-refractivity contribution < 1.29 is 14.5 Å². The van der Waals surface area contributed by atoms with Crippen molar-refractivity contribution in [3.8, 4) is 5.75 Å². The Hall–Kier alpha value is -1.95. The number of nitrogens with zero attached hydrogens (tertiary/aromatic N) is 2. The molecule has 0 atom stereocenters. The predicted molar refractivity (Wildman–Crippen MR) is 92.0 cm³/mol. The number of nitro groups is 1. The zero-order chi connectivity index (χ0) is 17.6. The molecular weight excluding hydrogens is 308 g/mol. The van der Waals surface area contributed by atoms with E-state index in [1.807, 2.05) is 0 Å². The average Bonchev–Trinajstić information content (AvgIpc) is 3.06. The first-order valence-electron chi connectivity index (χ1n) is 8.70. The van der Waals surface area contributed by atoms with Gasteiger partial charge in [0.25, 0.3) is 5.69 Å². The van der Waals surface area contributed by atoms with E-state index in [2.05, 4.69) is 18.7 Å². The van der Waals surface area contributed by atoms with Gasteiger partial charge < -0.3 is 9.64 Å². The Bertz CT molecular complexity index is 561. The molecule has 1 aromatic carbocycles. The highest BCUT2D eigenvalue weighted by Crippen LogP contribution is 2.42. The van der Waals surface area contributed by atoms with Crippen molar-refractivity contribution in [1.82, 2.24) is 4.90 Å². The summed E-state index contributed by atoms with van der Waals surface area (Å²) in [6.45, 7) is 7.09. The lowest BCUT2D eigenvalue weighted by Gasteiger charge is -2.29. The first-order chi connectivity index (χ1) is 11.5. The van der Waals surface area contributed by atoms with E-state index in [1.165, 1.54) is 24.3 Å². The molecule has 0 N–H and O–H groups in total. The van der Waals surface area contributed by atoms with Gasteiger partial charge in [-0.3, -0.25) is 14.9 Å². The van der Waals surface area contributed by atoms with E-state index in [0.717, 1.165) is 51.7 Å². The van der Waals surface area contributed by atoms with E-state index >= 15 is 0 Å². The van der Waals surface area contributed by atoms with Gasteiger partial charge in [-0.05, 0) is 51.0 Å². The molecule has 24 heavy (non-hydrogen) atoms. The van der Waals surface area contributed by atoms with Gasteiger partial charge in [0.05, 0.1) is 10.3 Å². The van der Waals surface area contributed by atoms with Crippen LogP contribution < -0.4 is 4.74 Å². The molecule has 1 aliphatic rings. The number of hydrogen-bond donors (Lipinski definition) is 0. The van der Waals surface area contributed by atoms with Gasteiger partial charge in [-0.25, -0.2) is 0 Å². The first kappa shape index (κ1) is 18.4. The van der Waals surface area contributed by atoms with Gasteiger partial charge in [0.1, 0.15) is 5.75 Å². The van der Waals surface area contributed by atoms with Gasteiger partial charge in [0.2, 0.25) is 0 Å². The van der Waals surface area contributed by atoms with E-state index in [9.17, 15) is 14.9 Å². The Morgan fingerprint density at radius 2 is 1.79 bits per heavy atom. The Morgan fingerprint density at radius 1 is 1.21 bits per heavy atom. The minimum absolute atomic E-state index is 0.00749. The van der Waals surface area contributed by atoms with E-state index in [1.54, 1.807) is 0 Å². The second-order valence-electron chi connectivity index (χ2n) is 6.40. The molecule has 1 fully saturated rings. The molecule has 0 radical (unpaired) electrons. The van der Waals surface area contributed by atoms with Crippen LogP contribution in [0.1, 0.15) is 46.0 Å². The summed E-state index contributed by atoms with van der Waals surface area (Å²) in [7, 11) is 0. The Balaban J connectivity index is 2.04. The Labute approximate surface area is 142 Å². The second-order valence-corrected chi connectivity index (χ2v) is 6.40. The average molecular weight is 334 g/mol. The first-order valence-corrected chi connectivity index (χ1v) is 8.70. The SMILES string of the molecule is CCN(CC)CCC1(C(=O)Oc2ccc([N+](=O)[O-])cc2)CCCC1. The minimum Gasteiger partial charge on any atom is -0.426 e. The van der Waals surface area contributed by atoms with Gasteiger partial charge in [-0.2, -0.15) is 0 Å². The van der Waals surface area contributed by atoms with Crippen molar-refractivity contribution in [1.29, 1.82) is 0 Å². The van der Waals surface area contributed by atoms with E-state index < -0.39 is 10.3 Å². The number of rotatable bonds is 8. The van der Waals surface area contributed by atoms with Crippen LogP contribution in [-0.4, -0.2) is 35.4 Å². The normalized spacial score (nSPS) is 16.3. The zero-order valence-corrected chi connectivity index (χ0v) is 14.5. The lowest BCUT2D eigenvalue weighted by atomic mass is 9.82. The highest BCUT2D eigenvalue weighted by molar-refractivity contribution is 5.79. The quantitative estimate of drug-likeness (QED) is 0.313. The topological polar surface area (TPSA) is 72.7 Å². The van der Waals surface area contributed by atoms with Gasteiger partial charge in [0.15, 0.2) is 0 Å². The van der Waals surface area contributed by atoms with Crippen molar-refractivity contribution in [2.24, 2.45) is 5.41 Å². The smallest absolute Gasteiger partial charge is 0.317 e. The molecular formula is C18H26N2O4. The van der Waals surface area contributed by atoms with Crippen LogP contribution in [0, 0.1) is 15.5 Å². The number of ether oxygens (including phenoxy) is 1. The molecule has 6 heteroatoms. The Morgan fingerprint density at radius 3 is 2.29 bits per heavy atom. The second kappa shape index (κ2) is 8.24. The summed E-state index contributed by atoms with van der Waals surface area (Å²) in [5, 5.41) is 10.7. The minimum atomic E-state index is -0.464. The highest BCUT2D eigenvalue weighted by atomic mass is 16.6. The maximum atomic E-state index is 12.8. The molecule has 6 nitrogen and oxygen atoms in total. The van der Waals surface area contributed by atoms with Crippen LogP contribution in [-0.2, 0) is 4.79 Å². The fourth-order valence-electron chi connectivity index (χ4n) is 3.37. The summed E-state index contributed by atoms with van der Waals surface area (Å²) in [5.74, 6) is 0.181. The summed E-state index contributed by atoms with van der Waals surface area (Å²) in [6, 6.07) is 5.70. The molecule has 0 bridgehead atoms. The fourth-order valence-corrected chi connectivity index (χ4v) is 3.37. The van der Waals surface area contributed by atoms with Gasteiger partial charge >= 0.3 is 5.97 Å². The zero-order valence-electron chi connectivity index (χ0n) is 14.5. The highest BCUT2D eigenvalue weighted by Gasteiger charge is 2.42. The summed E-state index contributed by atoms with van der Waals surface area (Å²) in [5.41, 5.74) is -0.420. The molecule has 0 amide bonds. The molecule has 0 spiro atoms. The summed E-state index contributed by atoms with van der Waals surface area (Å²) < 4.78 is 5.56. The third kappa shape index (κ3) is 4.32. The molecule has 1 aromatic rings. The van der Waals surface area contributed by atoms with Crippen molar-refractivity contribution in [2.45, 2.75) is 46.0 Å². The maximum absolute atomic E-state index is 12.8. The number of benzene rings is 1. The van der Waals surface area contributed by atoms with Crippen molar-refractivity contribution in [3.63, 3.8) is 0 Å². The van der Waals surface area contributed by atoms with Gasteiger partial charge in [-0.1, -0.05) is 26.7 Å². The monoisotopic (exact) mass is 334 g/mol. The number of nitro benzene ring substituents is 1. The summed E-state index contributed by atoms with van der Waals surface area (Å²) in [4.78, 5) is 25.3. The van der Waals surface area contributed by atoms with Crippen molar-refractivity contribution >= 4 is 11.7 Å². The van der Waals surface area contributed by atoms with E-state index in [0.29, 0.717) is 5.75 Å². The molecule has 0 heterocycles. The molecule has 1 aliphatic carbocycles. The van der Waals surface area contributed by atoms with E-state index in [4.69, 9.17) is 4.74 Å². The van der Waals surface area contributed by atoms with Gasteiger partial charge in [0, 0.05) is 12.1 Å². The van der Waals surface area contributed by atoms with Crippen LogP contribution >= 0.6 is 0 Å². The molecule has 0 saturated heterocycles. The van der Waals surface area contributed by atoms with Crippen molar-refractivity contribution in [2.75, 3.05) is 19.6 Å². The van der Waals surface area contributed by atoms with Crippen LogP contribution in [0.3, 0.4) is 0 Å². The largest absolute Gasteiger partial charge is 0.426 e. The lowest BCUT2D eigenvalue weighted by molar-refractivity contribution is -0.384. The summed E-state index contributed by atoms with van der Waals surface area (Å²) >= 11 is 0. The number of non-ortho nitro benzene ring substituents is 1. The molecule has 2 rings (SSSR count). The van der Waals surface area contributed by atoms with Crippen LogP contribution in [0.2, 0.25) is 0 Å². The fraction of sp³-hybridized carbons (Fsp3) is 0.611. The van der Waals surface area contributed by atoms with Crippen molar-refractivity contribution in [3.05, 3.63) is 34.4 Å². The molecule has 0 unspecified atom stereocenters. The van der Waals surface area contributed by atoms with Crippen LogP contribution in [0.15, 0.2) is 24.3 Å². The molecule has 0 aliphatic heterocycles. The number of carbonyl (C=O) groups is 1.